The van der Waals surface area contributed by atoms with Gasteiger partial charge < -0.3 is 10.6 Å². The van der Waals surface area contributed by atoms with Crippen LogP contribution in [0.4, 0.5) is 0 Å². The molecule has 0 aromatic carbocycles. The first-order valence-corrected chi connectivity index (χ1v) is 8.02. The number of hydrogen-bond donors (Lipinski definition) is 2. The summed E-state index contributed by atoms with van der Waals surface area (Å²) < 4.78 is 1.83. The third kappa shape index (κ3) is 4.64. The summed E-state index contributed by atoms with van der Waals surface area (Å²) in [6.45, 7) is 3.99. The van der Waals surface area contributed by atoms with Crippen molar-refractivity contribution in [3.8, 4) is 0 Å². The fourth-order valence-electron chi connectivity index (χ4n) is 2.22. The minimum atomic E-state index is -0.137. The number of piperidine rings is 1. The van der Waals surface area contributed by atoms with E-state index < -0.39 is 0 Å². The quantitative estimate of drug-likeness (QED) is 0.850. The lowest BCUT2D eigenvalue weighted by Gasteiger charge is -2.22. The fourth-order valence-corrected chi connectivity index (χ4v) is 2.80. The summed E-state index contributed by atoms with van der Waals surface area (Å²) in [6.07, 6.45) is 5.85. The van der Waals surface area contributed by atoms with E-state index in [4.69, 9.17) is 0 Å². The molecule has 1 amide bonds. The van der Waals surface area contributed by atoms with Gasteiger partial charge in [0, 0.05) is 11.8 Å². The van der Waals surface area contributed by atoms with Crippen molar-refractivity contribution in [1.82, 2.24) is 25.6 Å². The monoisotopic (exact) mass is 319 g/mol. The highest BCUT2D eigenvalue weighted by Gasteiger charge is 2.19. The van der Waals surface area contributed by atoms with E-state index in [9.17, 15) is 4.79 Å². The molecule has 0 spiro atoms. The molecule has 1 atom stereocenters. The molecular weight excluding hydrogens is 298 g/mol. The van der Waals surface area contributed by atoms with Gasteiger partial charge in [-0.25, -0.2) is 4.68 Å². The number of nitrogens with one attached hydrogen (secondary N) is 2. The van der Waals surface area contributed by atoms with Crippen molar-refractivity contribution in [3.63, 3.8) is 0 Å². The third-order valence-electron chi connectivity index (χ3n) is 3.22. The van der Waals surface area contributed by atoms with Crippen LogP contribution in [0.1, 0.15) is 36.3 Å². The molecule has 2 rings (SSSR count). The number of halogens is 1. The SMILES string of the molecule is CSCC(C)NC(=O)c1cn(C2CCNCC2)nn1.Cl. The highest BCUT2D eigenvalue weighted by molar-refractivity contribution is 7.98. The number of amides is 1. The van der Waals surface area contributed by atoms with Gasteiger partial charge in [0.2, 0.25) is 0 Å². The van der Waals surface area contributed by atoms with Crippen molar-refractivity contribution < 1.29 is 4.79 Å². The van der Waals surface area contributed by atoms with Crippen molar-refractivity contribution in [3.05, 3.63) is 11.9 Å². The van der Waals surface area contributed by atoms with Crippen molar-refractivity contribution in [2.45, 2.75) is 31.8 Å². The minimum absolute atomic E-state index is 0. The van der Waals surface area contributed by atoms with Crippen molar-refractivity contribution in [1.29, 1.82) is 0 Å². The number of thioether (sulfide) groups is 1. The largest absolute Gasteiger partial charge is 0.347 e. The Morgan fingerprint density at radius 2 is 2.30 bits per heavy atom. The molecule has 1 aliphatic rings. The number of nitrogens with zero attached hydrogens (tertiary/aromatic N) is 3. The molecule has 1 unspecified atom stereocenters. The Hall–Kier alpha value is -0.790. The second kappa shape index (κ2) is 8.49. The predicted octanol–water partition coefficient (Wildman–Crippen LogP) is 1.11. The van der Waals surface area contributed by atoms with Gasteiger partial charge in [-0.15, -0.1) is 17.5 Å². The molecule has 0 radical (unpaired) electrons. The van der Waals surface area contributed by atoms with Gasteiger partial charge >= 0.3 is 0 Å². The molecule has 6 nitrogen and oxygen atoms in total. The van der Waals surface area contributed by atoms with Gasteiger partial charge in [-0.3, -0.25) is 4.79 Å². The first-order valence-electron chi connectivity index (χ1n) is 6.63. The second-order valence-electron chi connectivity index (χ2n) is 4.89. The van der Waals surface area contributed by atoms with E-state index in [1.54, 1.807) is 18.0 Å². The van der Waals surface area contributed by atoms with E-state index in [2.05, 4.69) is 20.9 Å². The number of aromatic nitrogens is 3. The lowest BCUT2D eigenvalue weighted by atomic mass is 10.1. The number of carbonyl (C=O) groups excluding carboxylic acids is 1. The topological polar surface area (TPSA) is 71.8 Å². The Morgan fingerprint density at radius 3 is 2.95 bits per heavy atom. The zero-order chi connectivity index (χ0) is 13.7. The molecule has 0 bridgehead atoms. The number of rotatable bonds is 5. The highest BCUT2D eigenvalue weighted by atomic mass is 35.5. The Bertz CT molecular complexity index is 422. The van der Waals surface area contributed by atoms with Gasteiger partial charge in [0.15, 0.2) is 5.69 Å². The third-order valence-corrected chi connectivity index (χ3v) is 4.05. The molecule has 1 aliphatic heterocycles. The molecule has 0 aliphatic carbocycles. The van der Waals surface area contributed by atoms with Crippen LogP contribution in [0.3, 0.4) is 0 Å². The molecule has 8 heteroatoms. The second-order valence-corrected chi connectivity index (χ2v) is 5.81. The Balaban J connectivity index is 0.00000200. The van der Waals surface area contributed by atoms with Crippen LogP contribution in [-0.2, 0) is 0 Å². The van der Waals surface area contributed by atoms with Gasteiger partial charge in [0.1, 0.15) is 0 Å². The first-order chi connectivity index (χ1) is 9.20. The Kier molecular flexibility index (Phi) is 7.32. The zero-order valence-corrected chi connectivity index (χ0v) is 13.5. The summed E-state index contributed by atoms with van der Waals surface area (Å²) in [6, 6.07) is 0.505. The Labute approximate surface area is 129 Å². The molecule has 20 heavy (non-hydrogen) atoms. The molecule has 0 saturated carbocycles. The van der Waals surface area contributed by atoms with Crippen LogP contribution in [-0.4, -0.2) is 52.0 Å². The maximum absolute atomic E-state index is 12.0. The van der Waals surface area contributed by atoms with Crippen molar-refractivity contribution in [2.75, 3.05) is 25.1 Å². The van der Waals surface area contributed by atoms with Gasteiger partial charge in [0.25, 0.3) is 5.91 Å². The molecule has 1 saturated heterocycles. The number of hydrogen-bond acceptors (Lipinski definition) is 5. The molecule has 1 aromatic rings. The lowest BCUT2D eigenvalue weighted by molar-refractivity contribution is 0.0938. The van der Waals surface area contributed by atoms with Crippen LogP contribution in [0, 0.1) is 0 Å². The maximum atomic E-state index is 12.0. The average Bonchev–Trinajstić information content (AvgIpc) is 2.89. The van der Waals surface area contributed by atoms with E-state index in [1.165, 1.54) is 0 Å². The highest BCUT2D eigenvalue weighted by Crippen LogP contribution is 2.17. The van der Waals surface area contributed by atoms with Crippen LogP contribution < -0.4 is 10.6 Å². The minimum Gasteiger partial charge on any atom is -0.347 e. The molecule has 1 aromatic heterocycles. The summed E-state index contributed by atoms with van der Waals surface area (Å²) in [5.41, 5.74) is 0.409. The van der Waals surface area contributed by atoms with Gasteiger partial charge in [-0.05, 0) is 39.1 Å². The molecule has 1 fully saturated rings. The van der Waals surface area contributed by atoms with E-state index in [-0.39, 0.29) is 24.4 Å². The number of carbonyl (C=O) groups is 1. The normalized spacial score (nSPS) is 17.3. The standard InChI is InChI=1S/C12H21N5OS.ClH/c1-9(8-19-2)14-12(18)11-7-17(16-15-11)10-3-5-13-6-4-10;/h7,9-10,13H,3-6,8H2,1-2H3,(H,14,18);1H. The van der Waals surface area contributed by atoms with Crippen molar-refractivity contribution >= 4 is 30.1 Å². The summed E-state index contributed by atoms with van der Waals surface area (Å²) in [5, 5.41) is 14.3. The van der Waals surface area contributed by atoms with E-state index in [0.717, 1.165) is 31.7 Å². The Morgan fingerprint density at radius 1 is 1.60 bits per heavy atom. The van der Waals surface area contributed by atoms with E-state index in [1.807, 2.05) is 17.9 Å². The zero-order valence-electron chi connectivity index (χ0n) is 11.8. The molecular formula is C12H22ClN5OS. The van der Waals surface area contributed by atoms with Crippen molar-refractivity contribution in [2.24, 2.45) is 0 Å². The molecule has 114 valence electrons. The lowest BCUT2D eigenvalue weighted by Crippen LogP contribution is -2.34. The predicted molar refractivity (Wildman–Crippen MR) is 83.7 cm³/mol. The van der Waals surface area contributed by atoms with Gasteiger partial charge in [-0.1, -0.05) is 5.21 Å². The van der Waals surface area contributed by atoms with Gasteiger partial charge in [-0.2, -0.15) is 11.8 Å². The maximum Gasteiger partial charge on any atom is 0.273 e. The smallest absolute Gasteiger partial charge is 0.273 e. The summed E-state index contributed by atoms with van der Waals surface area (Å²) >= 11 is 1.71. The van der Waals surface area contributed by atoms with E-state index >= 15 is 0 Å². The first kappa shape index (κ1) is 17.3. The molecule has 2 heterocycles. The van der Waals surface area contributed by atoms with E-state index in [0.29, 0.717) is 11.7 Å². The summed E-state index contributed by atoms with van der Waals surface area (Å²) in [7, 11) is 0. The summed E-state index contributed by atoms with van der Waals surface area (Å²) in [5.74, 6) is 0.760. The van der Waals surface area contributed by atoms with Crippen LogP contribution in [0.15, 0.2) is 6.20 Å². The van der Waals surface area contributed by atoms with Crippen LogP contribution in [0.25, 0.3) is 0 Å². The van der Waals surface area contributed by atoms with Crippen LogP contribution >= 0.6 is 24.2 Å². The fraction of sp³-hybridized carbons (Fsp3) is 0.750. The van der Waals surface area contributed by atoms with Crippen LogP contribution in [0.5, 0.6) is 0 Å². The summed E-state index contributed by atoms with van der Waals surface area (Å²) in [4.78, 5) is 12.0. The molecule has 2 N–H and O–H groups in total. The van der Waals surface area contributed by atoms with Gasteiger partial charge in [0.05, 0.1) is 12.2 Å². The van der Waals surface area contributed by atoms with Crippen LogP contribution in [0.2, 0.25) is 0 Å². The average molecular weight is 320 g/mol.